The van der Waals surface area contributed by atoms with E-state index in [1.54, 1.807) is 12.1 Å². The van der Waals surface area contributed by atoms with E-state index in [0.717, 1.165) is 18.2 Å². The Labute approximate surface area is 159 Å². The second-order valence-electron chi connectivity index (χ2n) is 7.12. The highest BCUT2D eigenvalue weighted by Crippen LogP contribution is 2.43. The van der Waals surface area contributed by atoms with Crippen LogP contribution in [0, 0.1) is 5.82 Å². The van der Waals surface area contributed by atoms with Crippen molar-refractivity contribution in [1.29, 1.82) is 0 Å². The molecule has 8 heteroatoms. The second kappa shape index (κ2) is 7.56. The quantitative estimate of drug-likeness (QED) is 0.575. The van der Waals surface area contributed by atoms with Crippen LogP contribution >= 0.6 is 11.6 Å². The van der Waals surface area contributed by atoms with E-state index in [-0.39, 0.29) is 11.3 Å². The van der Waals surface area contributed by atoms with Gasteiger partial charge in [-0.2, -0.15) is 13.2 Å². The highest BCUT2D eigenvalue weighted by atomic mass is 35.5. The number of hydrogen-bond donors (Lipinski definition) is 3. The molecular weight excluding hydrogens is 386 g/mol. The minimum atomic E-state index is -4.96. The summed E-state index contributed by atoms with van der Waals surface area (Å²) >= 11 is 5.82. The van der Waals surface area contributed by atoms with Crippen molar-refractivity contribution in [3.63, 3.8) is 0 Å². The van der Waals surface area contributed by atoms with Gasteiger partial charge < -0.3 is 15.5 Å². The number of phenolic OH excluding ortho intramolecular Hbond substituents is 1. The number of alkyl halides is 3. The van der Waals surface area contributed by atoms with Crippen LogP contribution in [-0.2, 0) is 5.41 Å². The largest absolute Gasteiger partial charge is 0.508 e. The van der Waals surface area contributed by atoms with Crippen LogP contribution in [0.15, 0.2) is 42.5 Å². The zero-order valence-electron chi connectivity index (χ0n) is 14.7. The molecule has 0 aliphatic carbocycles. The molecule has 0 bridgehead atoms. The Bertz CT molecular complexity index is 811. The molecule has 0 fully saturated rings. The van der Waals surface area contributed by atoms with Crippen molar-refractivity contribution in [1.82, 2.24) is 0 Å². The van der Waals surface area contributed by atoms with Gasteiger partial charge in [0.25, 0.3) is 0 Å². The van der Waals surface area contributed by atoms with Crippen LogP contribution in [0.4, 0.5) is 23.2 Å². The van der Waals surface area contributed by atoms with Gasteiger partial charge >= 0.3 is 6.18 Å². The lowest BCUT2D eigenvalue weighted by molar-refractivity contribution is -0.260. The van der Waals surface area contributed by atoms with Gasteiger partial charge in [0.05, 0.1) is 6.54 Å². The summed E-state index contributed by atoms with van der Waals surface area (Å²) in [6.45, 7) is 1.96. The maximum Gasteiger partial charge on any atom is 0.418 e. The molecule has 1 unspecified atom stereocenters. The third kappa shape index (κ3) is 5.05. The molecule has 0 aliphatic heterocycles. The fourth-order valence-corrected chi connectivity index (χ4v) is 3.18. The van der Waals surface area contributed by atoms with Crippen LogP contribution in [0.25, 0.3) is 0 Å². The molecule has 0 aliphatic rings. The number of nitrogens with one attached hydrogen (secondary N) is 1. The van der Waals surface area contributed by atoms with E-state index < -0.39 is 36.0 Å². The maximum absolute atomic E-state index is 13.7. The number of rotatable bonds is 6. The van der Waals surface area contributed by atoms with Crippen molar-refractivity contribution in [2.75, 3.05) is 11.9 Å². The molecule has 3 N–H and O–H groups in total. The molecule has 1 atom stereocenters. The number of benzene rings is 2. The first-order valence-corrected chi connectivity index (χ1v) is 8.49. The van der Waals surface area contributed by atoms with Crippen LogP contribution in [0.2, 0.25) is 5.02 Å². The van der Waals surface area contributed by atoms with E-state index in [1.165, 1.54) is 26.0 Å². The number of aliphatic hydroxyl groups is 1. The van der Waals surface area contributed by atoms with E-state index in [1.807, 2.05) is 0 Å². The molecule has 0 spiro atoms. The highest BCUT2D eigenvalue weighted by Gasteiger charge is 2.56. The van der Waals surface area contributed by atoms with Crippen LogP contribution < -0.4 is 5.32 Å². The summed E-state index contributed by atoms with van der Waals surface area (Å²) in [5.41, 5.74) is -4.20. The molecule has 0 radical (unpaired) electrons. The highest BCUT2D eigenvalue weighted by molar-refractivity contribution is 6.30. The van der Waals surface area contributed by atoms with Crippen LogP contribution in [0.3, 0.4) is 0 Å². The van der Waals surface area contributed by atoms with E-state index in [0.29, 0.717) is 10.7 Å². The molecule has 0 saturated heterocycles. The van der Waals surface area contributed by atoms with Crippen molar-refractivity contribution >= 4 is 17.3 Å². The second-order valence-corrected chi connectivity index (χ2v) is 7.55. The summed E-state index contributed by atoms with van der Waals surface area (Å²) in [6, 6.07) is 9.13. The van der Waals surface area contributed by atoms with Gasteiger partial charge in [0.2, 0.25) is 0 Å². The Morgan fingerprint density at radius 2 is 1.74 bits per heavy atom. The van der Waals surface area contributed by atoms with Gasteiger partial charge in [-0.15, -0.1) is 0 Å². The summed E-state index contributed by atoms with van der Waals surface area (Å²) in [5.74, 6) is -1.03. The van der Waals surface area contributed by atoms with Crippen LogP contribution in [0.5, 0.6) is 5.75 Å². The minimum absolute atomic E-state index is 0.0204. The van der Waals surface area contributed by atoms with Gasteiger partial charge in [0.15, 0.2) is 5.60 Å². The van der Waals surface area contributed by atoms with Crippen LogP contribution in [-0.4, -0.2) is 28.5 Å². The van der Waals surface area contributed by atoms with E-state index in [2.05, 4.69) is 5.32 Å². The van der Waals surface area contributed by atoms with Crippen molar-refractivity contribution < 1.29 is 27.8 Å². The topological polar surface area (TPSA) is 52.5 Å². The summed E-state index contributed by atoms with van der Waals surface area (Å²) in [5, 5.41) is 23.3. The Kier molecular flexibility index (Phi) is 5.97. The molecule has 27 heavy (non-hydrogen) atoms. The summed E-state index contributed by atoms with van der Waals surface area (Å²) in [7, 11) is 0. The van der Waals surface area contributed by atoms with Gasteiger partial charge in [-0.1, -0.05) is 31.5 Å². The Hall–Kier alpha value is -1.99. The van der Waals surface area contributed by atoms with Crippen molar-refractivity contribution in [3.05, 3.63) is 58.9 Å². The molecule has 3 nitrogen and oxygen atoms in total. The van der Waals surface area contributed by atoms with E-state index in [9.17, 15) is 27.8 Å². The first-order chi connectivity index (χ1) is 12.3. The predicted molar refractivity (Wildman–Crippen MR) is 96.7 cm³/mol. The van der Waals surface area contributed by atoms with E-state index >= 15 is 0 Å². The SMILES string of the molecule is CC(C)(CC(O)(CNc1cccc(Cl)c1)C(F)(F)F)c1cc(F)ccc1O. The Morgan fingerprint density at radius 3 is 2.33 bits per heavy atom. The molecular formula is C19H20ClF4NO2. The first kappa shape index (κ1) is 21.3. The normalized spacial score (nSPS) is 14.7. The summed E-state index contributed by atoms with van der Waals surface area (Å²) < 4.78 is 54.5. The van der Waals surface area contributed by atoms with Crippen molar-refractivity contribution in [3.8, 4) is 5.75 Å². The third-order valence-electron chi connectivity index (χ3n) is 4.36. The summed E-state index contributed by atoms with van der Waals surface area (Å²) in [4.78, 5) is 0. The van der Waals surface area contributed by atoms with Gasteiger partial charge in [0, 0.05) is 16.3 Å². The Morgan fingerprint density at radius 1 is 1.07 bits per heavy atom. The minimum Gasteiger partial charge on any atom is -0.508 e. The van der Waals surface area contributed by atoms with E-state index in [4.69, 9.17) is 11.6 Å². The smallest absolute Gasteiger partial charge is 0.418 e. The number of aromatic hydroxyl groups is 1. The van der Waals surface area contributed by atoms with Gasteiger partial charge in [-0.25, -0.2) is 4.39 Å². The first-order valence-electron chi connectivity index (χ1n) is 8.12. The fraction of sp³-hybridized carbons (Fsp3) is 0.368. The summed E-state index contributed by atoms with van der Waals surface area (Å²) in [6.07, 6.45) is -5.76. The number of hydrogen-bond acceptors (Lipinski definition) is 3. The predicted octanol–water partition coefficient (Wildman–Crippen LogP) is 5.26. The Balaban J connectivity index is 2.31. The fourth-order valence-electron chi connectivity index (χ4n) is 2.99. The molecule has 0 heterocycles. The van der Waals surface area contributed by atoms with Gasteiger partial charge in [-0.05, 0) is 48.2 Å². The van der Waals surface area contributed by atoms with Gasteiger partial charge in [0.1, 0.15) is 11.6 Å². The molecule has 0 amide bonds. The zero-order valence-corrected chi connectivity index (χ0v) is 15.5. The molecule has 2 aromatic carbocycles. The average Bonchev–Trinajstić information content (AvgIpc) is 2.54. The van der Waals surface area contributed by atoms with Crippen molar-refractivity contribution in [2.24, 2.45) is 0 Å². The third-order valence-corrected chi connectivity index (χ3v) is 4.59. The molecule has 2 rings (SSSR count). The zero-order chi connectivity index (χ0) is 20.5. The molecule has 0 aromatic heterocycles. The monoisotopic (exact) mass is 405 g/mol. The lowest BCUT2D eigenvalue weighted by atomic mass is 9.74. The lowest BCUT2D eigenvalue weighted by Crippen LogP contribution is -2.53. The lowest BCUT2D eigenvalue weighted by Gasteiger charge is -2.38. The standard InChI is InChI=1S/C19H20ClF4NO2/c1-17(2,15-9-13(21)6-7-16(15)26)10-18(27,19(22,23)24)11-25-14-5-3-4-12(20)8-14/h3-9,25-27H,10-11H2,1-2H3. The average molecular weight is 406 g/mol. The molecule has 0 saturated carbocycles. The van der Waals surface area contributed by atoms with Crippen LogP contribution in [0.1, 0.15) is 25.8 Å². The number of anilines is 1. The number of phenols is 1. The molecule has 2 aromatic rings. The van der Waals surface area contributed by atoms with Crippen molar-refractivity contribution in [2.45, 2.75) is 37.5 Å². The number of halogens is 5. The molecule has 148 valence electrons. The van der Waals surface area contributed by atoms with Gasteiger partial charge in [-0.3, -0.25) is 0 Å². The maximum atomic E-state index is 13.7.